The number of hydrogen-bond acceptors (Lipinski definition) is 4. The zero-order chi connectivity index (χ0) is 26.1. The van der Waals surface area contributed by atoms with Crippen molar-refractivity contribution in [1.29, 1.82) is 0 Å². The SMILES string of the molecule is Cc1ccc(-c2nc3cc(C(C)C)ccc3o2)cc1NC(=O)/C=C/c1ccc(-c2ccc(Cl)cc2Cl)o1. The number of anilines is 1. The molecule has 0 saturated heterocycles. The summed E-state index contributed by atoms with van der Waals surface area (Å²) in [5.41, 5.74) is 5.84. The molecule has 1 N–H and O–H groups in total. The molecule has 2 aromatic heterocycles. The number of carbonyl (C=O) groups is 1. The van der Waals surface area contributed by atoms with Crippen LogP contribution in [0.15, 0.2) is 81.6 Å². The minimum absolute atomic E-state index is 0.290. The summed E-state index contributed by atoms with van der Waals surface area (Å²) in [7, 11) is 0. The number of rotatable bonds is 6. The van der Waals surface area contributed by atoms with E-state index in [1.54, 1.807) is 36.4 Å². The van der Waals surface area contributed by atoms with Crippen molar-refractivity contribution in [3.63, 3.8) is 0 Å². The highest BCUT2D eigenvalue weighted by Crippen LogP contribution is 2.32. The number of fused-ring (bicyclic) bond motifs is 1. The van der Waals surface area contributed by atoms with Crippen molar-refractivity contribution < 1.29 is 13.6 Å². The fourth-order valence-electron chi connectivity index (χ4n) is 3.93. The van der Waals surface area contributed by atoms with Crippen LogP contribution < -0.4 is 5.32 Å². The van der Waals surface area contributed by atoms with E-state index < -0.39 is 0 Å². The van der Waals surface area contributed by atoms with Gasteiger partial charge in [0, 0.05) is 27.9 Å². The van der Waals surface area contributed by atoms with E-state index in [-0.39, 0.29) is 5.91 Å². The standard InChI is InChI=1S/C30H24Cl2N2O3/c1-17(2)19-6-11-28-26(14-19)34-30(37-28)20-5-4-18(3)25(15-20)33-29(35)13-9-22-8-12-27(36-22)23-10-7-21(31)16-24(23)32/h4-17H,1-3H3,(H,33,35)/b13-9+. The van der Waals surface area contributed by atoms with E-state index in [0.29, 0.717) is 39.1 Å². The Hall–Kier alpha value is -3.80. The van der Waals surface area contributed by atoms with Gasteiger partial charge in [-0.1, -0.05) is 49.2 Å². The highest BCUT2D eigenvalue weighted by Gasteiger charge is 2.13. The van der Waals surface area contributed by atoms with Crippen LogP contribution in [0.3, 0.4) is 0 Å². The first-order valence-electron chi connectivity index (χ1n) is 11.8. The van der Waals surface area contributed by atoms with Gasteiger partial charge in [0.05, 0.1) is 5.02 Å². The van der Waals surface area contributed by atoms with Crippen LogP contribution in [0.2, 0.25) is 10.0 Å². The molecule has 7 heteroatoms. The third kappa shape index (κ3) is 5.48. The molecule has 186 valence electrons. The summed E-state index contributed by atoms with van der Waals surface area (Å²) in [6.07, 6.45) is 3.03. The monoisotopic (exact) mass is 530 g/mol. The zero-order valence-corrected chi connectivity index (χ0v) is 22.0. The molecule has 0 bridgehead atoms. The Morgan fingerprint density at radius 3 is 2.59 bits per heavy atom. The number of benzene rings is 3. The molecular formula is C30H24Cl2N2O3. The summed E-state index contributed by atoms with van der Waals surface area (Å²) >= 11 is 12.2. The summed E-state index contributed by atoms with van der Waals surface area (Å²) < 4.78 is 11.8. The van der Waals surface area contributed by atoms with Crippen LogP contribution >= 0.6 is 23.2 Å². The van der Waals surface area contributed by atoms with Crippen molar-refractivity contribution in [2.45, 2.75) is 26.7 Å². The maximum Gasteiger partial charge on any atom is 0.248 e. The molecule has 1 amide bonds. The average molecular weight is 531 g/mol. The lowest BCUT2D eigenvalue weighted by molar-refractivity contribution is -0.111. The van der Waals surface area contributed by atoms with Gasteiger partial charge in [-0.2, -0.15) is 0 Å². The van der Waals surface area contributed by atoms with Gasteiger partial charge in [0.2, 0.25) is 11.8 Å². The summed E-state index contributed by atoms with van der Waals surface area (Å²) in [6.45, 7) is 6.22. The predicted molar refractivity (Wildman–Crippen MR) is 150 cm³/mol. The first-order chi connectivity index (χ1) is 17.8. The Morgan fingerprint density at radius 2 is 1.81 bits per heavy atom. The van der Waals surface area contributed by atoms with E-state index in [0.717, 1.165) is 27.8 Å². The van der Waals surface area contributed by atoms with E-state index in [4.69, 9.17) is 32.0 Å². The molecule has 0 unspecified atom stereocenters. The van der Waals surface area contributed by atoms with Gasteiger partial charge in [0.15, 0.2) is 5.58 Å². The van der Waals surface area contributed by atoms with E-state index in [2.05, 4.69) is 36.3 Å². The molecule has 0 spiro atoms. The second kappa shape index (κ2) is 10.3. The van der Waals surface area contributed by atoms with Crippen LogP contribution in [0, 0.1) is 6.92 Å². The number of oxazole rings is 1. The number of aryl methyl sites for hydroxylation is 1. The molecule has 5 aromatic rings. The van der Waals surface area contributed by atoms with Crippen molar-refractivity contribution in [2.24, 2.45) is 0 Å². The maximum atomic E-state index is 12.7. The molecule has 0 radical (unpaired) electrons. The number of nitrogens with zero attached hydrogens (tertiary/aromatic N) is 1. The van der Waals surface area contributed by atoms with Gasteiger partial charge in [-0.3, -0.25) is 4.79 Å². The van der Waals surface area contributed by atoms with Gasteiger partial charge in [-0.25, -0.2) is 4.98 Å². The van der Waals surface area contributed by atoms with Crippen LogP contribution in [0.25, 0.3) is 40.0 Å². The van der Waals surface area contributed by atoms with Gasteiger partial charge >= 0.3 is 0 Å². The molecule has 0 atom stereocenters. The smallest absolute Gasteiger partial charge is 0.248 e. The van der Waals surface area contributed by atoms with E-state index >= 15 is 0 Å². The highest BCUT2D eigenvalue weighted by atomic mass is 35.5. The van der Waals surface area contributed by atoms with Gasteiger partial charge in [0.25, 0.3) is 0 Å². The molecule has 0 aliphatic rings. The van der Waals surface area contributed by atoms with Crippen LogP contribution in [-0.2, 0) is 4.79 Å². The Kier molecular flexibility index (Phi) is 6.92. The average Bonchev–Trinajstić information content (AvgIpc) is 3.51. The minimum atomic E-state index is -0.290. The fourth-order valence-corrected chi connectivity index (χ4v) is 4.43. The zero-order valence-electron chi connectivity index (χ0n) is 20.5. The van der Waals surface area contributed by atoms with E-state index in [9.17, 15) is 4.79 Å². The minimum Gasteiger partial charge on any atom is -0.457 e. The molecule has 0 saturated carbocycles. The molecule has 5 nitrogen and oxygen atoms in total. The topological polar surface area (TPSA) is 68.3 Å². The number of carbonyl (C=O) groups excluding carboxylic acids is 1. The van der Waals surface area contributed by atoms with Gasteiger partial charge in [0.1, 0.15) is 17.0 Å². The van der Waals surface area contributed by atoms with Crippen molar-refractivity contribution in [1.82, 2.24) is 4.98 Å². The predicted octanol–water partition coefficient (Wildman–Crippen LogP) is 9.15. The van der Waals surface area contributed by atoms with E-state index in [1.807, 2.05) is 31.2 Å². The first kappa shape index (κ1) is 24.9. The lowest BCUT2D eigenvalue weighted by atomic mass is 10.0. The lowest BCUT2D eigenvalue weighted by Gasteiger charge is -2.07. The van der Waals surface area contributed by atoms with Crippen molar-refractivity contribution in [3.05, 3.63) is 99.7 Å². The van der Waals surface area contributed by atoms with Gasteiger partial charge < -0.3 is 14.2 Å². The molecule has 3 aromatic carbocycles. The molecule has 0 aliphatic heterocycles. The fraction of sp³-hybridized carbons (Fsp3) is 0.133. The number of aromatic nitrogens is 1. The molecule has 2 heterocycles. The summed E-state index contributed by atoms with van der Waals surface area (Å²) in [4.78, 5) is 17.3. The number of halogens is 2. The summed E-state index contributed by atoms with van der Waals surface area (Å²) in [6, 6.07) is 20.5. The van der Waals surface area contributed by atoms with Crippen molar-refractivity contribution in [2.75, 3.05) is 5.32 Å². The molecule has 5 rings (SSSR count). The first-order valence-corrected chi connectivity index (χ1v) is 12.6. The number of hydrogen-bond donors (Lipinski definition) is 1. The second-order valence-electron chi connectivity index (χ2n) is 9.08. The third-order valence-corrected chi connectivity index (χ3v) is 6.59. The largest absolute Gasteiger partial charge is 0.457 e. The molecule has 0 aliphatic carbocycles. The second-order valence-corrected chi connectivity index (χ2v) is 9.92. The van der Waals surface area contributed by atoms with Crippen molar-refractivity contribution >= 4 is 52.0 Å². The number of furan rings is 1. The Morgan fingerprint density at radius 1 is 0.973 bits per heavy atom. The Bertz CT molecular complexity index is 1650. The number of amides is 1. The van der Waals surface area contributed by atoms with E-state index in [1.165, 1.54) is 11.6 Å². The Balaban J connectivity index is 1.32. The quantitative estimate of drug-likeness (QED) is 0.222. The maximum absolute atomic E-state index is 12.7. The summed E-state index contributed by atoms with van der Waals surface area (Å²) in [5.74, 6) is 1.73. The lowest BCUT2D eigenvalue weighted by Crippen LogP contribution is -2.09. The molecule has 0 fully saturated rings. The molecular weight excluding hydrogens is 507 g/mol. The Labute approximate surface area is 224 Å². The van der Waals surface area contributed by atoms with Crippen LogP contribution in [0.4, 0.5) is 5.69 Å². The van der Waals surface area contributed by atoms with Gasteiger partial charge in [-0.15, -0.1) is 0 Å². The van der Waals surface area contributed by atoms with Crippen LogP contribution in [0.5, 0.6) is 0 Å². The van der Waals surface area contributed by atoms with Crippen LogP contribution in [-0.4, -0.2) is 10.9 Å². The van der Waals surface area contributed by atoms with Gasteiger partial charge in [-0.05, 0) is 84.6 Å². The highest BCUT2D eigenvalue weighted by molar-refractivity contribution is 6.36. The third-order valence-electron chi connectivity index (χ3n) is 6.04. The van der Waals surface area contributed by atoms with Crippen molar-refractivity contribution in [3.8, 4) is 22.8 Å². The number of nitrogens with one attached hydrogen (secondary N) is 1. The molecule has 37 heavy (non-hydrogen) atoms. The normalized spacial score (nSPS) is 11.6. The summed E-state index contributed by atoms with van der Waals surface area (Å²) in [5, 5.41) is 3.97. The van der Waals surface area contributed by atoms with Crippen LogP contribution in [0.1, 0.15) is 36.7 Å².